The Kier molecular flexibility index (Phi) is 7.78. The molecule has 3 atom stereocenters. The fourth-order valence-electron chi connectivity index (χ4n) is 4.09. The number of hydrogen-bond acceptors (Lipinski definition) is 4. The lowest BCUT2D eigenvalue weighted by atomic mass is 9.74. The van der Waals surface area contributed by atoms with Crippen LogP contribution in [0.5, 0.6) is 0 Å². The van der Waals surface area contributed by atoms with E-state index in [0.29, 0.717) is 19.6 Å². The summed E-state index contributed by atoms with van der Waals surface area (Å²) in [6, 6.07) is 7.83. The number of carbonyl (C=O) groups excluding carboxylic acids is 2. The highest BCUT2D eigenvalue weighted by Gasteiger charge is 2.50. The van der Waals surface area contributed by atoms with Crippen molar-refractivity contribution in [3.63, 3.8) is 0 Å². The number of hydrogen-bond donors (Lipinski definition) is 1. The number of aliphatic hydroxyl groups is 1. The molecular formula is C22H33N3O3. The first-order valence-corrected chi connectivity index (χ1v) is 9.88. The van der Waals surface area contributed by atoms with Crippen LogP contribution in [0, 0.1) is 0 Å². The van der Waals surface area contributed by atoms with Gasteiger partial charge >= 0.3 is 0 Å². The Bertz CT molecular complexity index is 699. The zero-order chi connectivity index (χ0) is 20.8. The molecule has 1 aliphatic rings. The van der Waals surface area contributed by atoms with Crippen LogP contribution in [0.1, 0.15) is 37.8 Å². The maximum absolute atomic E-state index is 12.6. The van der Waals surface area contributed by atoms with Crippen molar-refractivity contribution in [3.8, 4) is 0 Å². The Morgan fingerprint density at radius 3 is 2.29 bits per heavy atom. The lowest BCUT2D eigenvalue weighted by Crippen LogP contribution is -2.68. The highest BCUT2D eigenvalue weighted by Crippen LogP contribution is 2.41. The summed E-state index contributed by atoms with van der Waals surface area (Å²) in [4.78, 5) is 30.2. The summed E-state index contributed by atoms with van der Waals surface area (Å²) in [5.41, 5.74) is 2.20. The van der Waals surface area contributed by atoms with Crippen molar-refractivity contribution >= 4 is 17.9 Å². The third kappa shape index (κ3) is 4.80. The molecule has 0 spiro atoms. The van der Waals surface area contributed by atoms with Crippen molar-refractivity contribution in [2.24, 2.45) is 0 Å². The molecule has 1 saturated heterocycles. The van der Waals surface area contributed by atoms with E-state index >= 15 is 0 Å². The second-order valence-electron chi connectivity index (χ2n) is 7.61. The summed E-state index contributed by atoms with van der Waals surface area (Å²) in [5.74, 6) is -0.0117. The van der Waals surface area contributed by atoms with E-state index in [0.717, 1.165) is 11.1 Å². The van der Waals surface area contributed by atoms with Crippen LogP contribution in [0.4, 0.5) is 0 Å². The van der Waals surface area contributed by atoms with Crippen LogP contribution in [0.25, 0.3) is 6.08 Å². The highest BCUT2D eigenvalue weighted by atomic mass is 16.3. The third-order valence-electron chi connectivity index (χ3n) is 5.37. The minimum Gasteiger partial charge on any atom is -0.394 e. The van der Waals surface area contributed by atoms with Crippen molar-refractivity contribution < 1.29 is 14.7 Å². The molecule has 1 heterocycles. The molecule has 1 aliphatic heterocycles. The number of allylic oxidation sites excluding steroid dienone is 1. The molecule has 1 N–H and O–H groups in total. The second kappa shape index (κ2) is 9.85. The number of likely N-dealkylation sites (tertiary alicyclic amines) is 1. The molecule has 6 nitrogen and oxygen atoms in total. The third-order valence-corrected chi connectivity index (χ3v) is 5.37. The van der Waals surface area contributed by atoms with Crippen molar-refractivity contribution in [1.82, 2.24) is 14.7 Å². The average molecular weight is 388 g/mol. The molecule has 0 radical (unpaired) electrons. The molecule has 1 aromatic rings. The van der Waals surface area contributed by atoms with Crippen LogP contribution in [0.3, 0.4) is 0 Å². The van der Waals surface area contributed by atoms with Gasteiger partial charge < -0.3 is 19.8 Å². The van der Waals surface area contributed by atoms with Gasteiger partial charge in [0.2, 0.25) is 11.8 Å². The highest BCUT2D eigenvalue weighted by molar-refractivity contribution is 5.79. The monoisotopic (exact) mass is 387 g/mol. The van der Waals surface area contributed by atoms with Crippen molar-refractivity contribution in [1.29, 1.82) is 0 Å². The van der Waals surface area contributed by atoms with E-state index in [4.69, 9.17) is 0 Å². The number of nitrogens with zero attached hydrogens (tertiary/aromatic N) is 3. The minimum absolute atomic E-state index is 0.00904. The smallest absolute Gasteiger partial charge is 0.236 e. The average Bonchev–Trinajstić information content (AvgIpc) is 2.62. The molecule has 2 amide bonds. The standard InChI is InChI=1S/C22H33N3O3/c1-6-8-17-9-11-18(12-10-17)22-19(25(16(3)27)20(22)15-26)13-24(7-2)21(28)14-23(4)5/h6,8-12,19-20,22,26H,7,13-15H2,1-5H3/b8-6+/t19-,20+,22-/m0/s1. The molecular weight excluding hydrogens is 354 g/mol. The summed E-state index contributed by atoms with van der Waals surface area (Å²) in [6.45, 7) is 6.77. The van der Waals surface area contributed by atoms with Gasteiger partial charge in [-0.15, -0.1) is 0 Å². The summed E-state index contributed by atoms with van der Waals surface area (Å²) >= 11 is 0. The van der Waals surface area contributed by atoms with E-state index in [-0.39, 0.29) is 36.4 Å². The van der Waals surface area contributed by atoms with Gasteiger partial charge in [-0.05, 0) is 39.1 Å². The zero-order valence-electron chi connectivity index (χ0n) is 17.6. The summed E-state index contributed by atoms with van der Waals surface area (Å²) in [5, 5.41) is 9.92. The Hall–Kier alpha value is -2.18. The second-order valence-corrected chi connectivity index (χ2v) is 7.61. The number of carbonyl (C=O) groups is 2. The lowest BCUT2D eigenvalue weighted by molar-refractivity contribution is -0.152. The van der Waals surface area contributed by atoms with Gasteiger partial charge in [0, 0.05) is 25.9 Å². The van der Waals surface area contributed by atoms with E-state index in [1.54, 1.807) is 9.80 Å². The van der Waals surface area contributed by atoms with Gasteiger partial charge in [0.1, 0.15) is 0 Å². The van der Waals surface area contributed by atoms with Crippen molar-refractivity contribution in [3.05, 3.63) is 41.5 Å². The first-order chi connectivity index (χ1) is 13.3. The Morgan fingerprint density at radius 2 is 1.82 bits per heavy atom. The molecule has 1 fully saturated rings. The first kappa shape index (κ1) is 22.1. The quantitative estimate of drug-likeness (QED) is 0.739. The van der Waals surface area contributed by atoms with Crippen LogP contribution in [0.2, 0.25) is 0 Å². The Labute approximate surface area is 168 Å². The maximum atomic E-state index is 12.6. The van der Waals surface area contributed by atoms with Gasteiger partial charge in [0.05, 0.1) is 25.2 Å². The van der Waals surface area contributed by atoms with Gasteiger partial charge in [0.15, 0.2) is 0 Å². The zero-order valence-corrected chi connectivity index (χ0v) is 17.6. The topological polar surface area (TPSA) is 64.1 Å². The lowest BCUT2D eigenvalue weighted by Gasteiger charge is -2.55. The minimum atomic E-state index is -0.252. The number of amides is 2. The molecule has 0 aliphatic carbocycles. The van der Waals surface area contributed by atoms with E-state index in [1.807, 2.05) is 57.1 Å². The van der Waals surface area contributed by atoms with E-state index in [1.165, 1.54) is 6.92 Å². The van der Waals surface area contributed by atoms with Gasteiger partial charge in [0.25, 0.3) is 0 Å². The van der Waals surface area contributed by atoms with E-state index < -0.39 is 0 Å². The van der Waals surface area contributed by atoms with E-state index in [9.17, 15) is 14.7 Å². The number of likely N-dealkylation sites (N-methyl/N-ethyl adjacent to an activating group) is 2. The van der Waals surface area contributed by atoms with Gasteiger partial charge in [-0.2, -0.15) is 0 Å². The molecule has 154 valence electrons. The Morgan fingerprint density at radius 1 is 1.18 bits per heavy atom. The van der Waals surface area contributed by atoms with Crippen molar-refractivity contribution in [2.75, 3.05) is 40.3 Å². The summed E-state index contributed by atoms with van der Waals surface area (Å²) in [6.07, 6.45) is 4.02. The van der Waals surface area contributed by atoms with Gasteiger partial charge in [-0.1, -0.05) is 36.4 Å². The van der Waals surface area contributed by atoms with E-state index in [2.05, 4.69) is 12.1 Å². The molecule has 0 unspecified atom stereocenters. The van der Waals surface area contributed by atoms with Crippen molar-refractivity contribution in [2.45, 2.75) is 38.8 Å². The fourth-order valence-corrected chi connectivity index (χ4v) is 4.09. The maximum Gasteiger partial charge on any atom is 0.236 e. The van der Waals surface area contributed by atoms with Crippen LogP contribution >= 0.6 is 0 Å². The first-order valence-electron chi connectivity index (χ1n) is 9.88. The fraction of sp³-hybridized carbons (Fsp3) is 0.545. The number of rotatable bonds is 8. The number of aliphatic hydroxyl groups excluding tert-OH is 1. The predicted molar refractivity (Wildman–Crippen MR) is 112 cm³/mol. The Balaban J connectivity index is 2.27. The molecule has 2 rings (SSSR count). The molecule has 28 heavy (non-hydrogen) atoms. The predicted octanol–water partition coefficient (Wildman–Crippen LogP) is 1.80. The van der Waals surface area contributed by atoms with Gasteiger partial charge in [-0.3, -0.25) is 9.59 Å². The van der Waals surface area contributed by atoms with Crippen LogP contribution in [0.15, 0.2) is 30.3 Å². The molecule has 1 aromatic carbocycles. The SMILES string of the molecule is C/C=C/c1ccc([C@@H]2[C@@H](CO)N(C(C)=O)[C@H]2CN(CC)C(=O)CN(C)C)cc1. The van der Waals surface area contributed by atoms with Crippen LogP contribution < -0.4 is 0 Å². The van der Waals surface area contributed by atoms with Gasteiger partial charge in [-0.25, -0.2) is 0 Å². The molecule has 0 aromatic heterocycles. The number of benzene rings is 1. The molecule has 0 bridgehead atoms. The molecule has 0 saturated carbocycles. The van der Waals surface area contributed by atoms with Crippen LogP contribution in [-0.4, -0.2) is 84.0 Å². The largest absolute Gasteiger partial charge is 0.394 e. The summed E-state index contributed by atoms with van der Waals surface area (Å²) < 4.78 is 0. The normalized spacial score (nSPS) is 21.8. The van der Waals surface area contributed by atoms with Crippen LogP contribution in [-0.2, 0) is 9.59 Å². The summed E-state index contributed by atoms with van der Waals surface area (Å²) in [7, 11) is 3.74. The molecule has 6 heteroatoms.